The summed E-state index contributed by atoms with van der Waals surface area (Å²) in [5.41, 5.74) is 0. The first-order chi connectivity index (χ1) is 9.51. The third kappa shape index (κ3) is 9.82. The molecule has 1 amide bonds. The minimum atomic E-state index is -0.751. The molecule has 0 aliphatic heterocycles. The van der Waals surface area contributed by atoms with Gasteiger partial charge in [0.2, 0.25) is 0 Å². The van der Waals surface area contributed by atoms with Crippen molar-refractivity contribution in [2.45, 2.75) is 66.2 Å². The number of rotatable bonds is 10. The van der Waals surface area contributed by atoms with Crippen LogP contribution in [0.4, 0.5) is 0 Å². The summed E-state index contributed by atoms with van der Waals surface area (Å²) in [4.78, 5) is 23.0. The number of carbonyl (C=O) groups excluding carboxylic acids is 2. The molecule has 0 aromatic carbocycles. The molecule has 0 spiro atoms. The quantitative estimate of drug-likeness (QED) is 0.380. The highest BCUT2D eigenvalue weighted by Gasteiger charge is 2.16. The number of ether oxygens (including phenoxy) is 1. The van der Waals surface area contributed by atoms with Crippen LogP contribution in [0, 0.1) is 11.8 Å². The molecule has 0 bridgehead atoms. The predicted octanol–water partition coefficient (Wildman–Crippen LogP) is 3.30. The number of carbonyl (C=O) groups is 2. The molecule has 0 aliphatic carbocycles. The van der Waals surface area contributed by atoms with Gasteiger partial charge in [-0.15, -0.1) is 0 Å². The Morgan fingerprint density at radius 1 is 1.10 bits per heavy atom. The van der Waals surface area contributed by atoms with E-state index in [4.69, 9.17) is 4.74 Å². The molecule has 0 aromatic heterocycles. The zero-order valence-corrected chi connectivity index (χ0v) is 13.5. The molecule has 4 heteroatoms. The Bertz CT molecular complexity index is 277. The van der Waals surface area contributed by atoms with Gasteiger partial charge in [0.25, 0.3) is 0 Å². The van der Waals surface area contributed by atoms with Gasteiger partial charge in [0.05, 0.1) is 6.61 Å². The summed E-state index contributed by atoms with van der Waals surface area (Å²) in [6, 6.07) is 0. The highest BCUT2D eigenvalue weighted by molar-refractivity contribution is 6.32. The second-order valence-electron chi connectivity index (χ2n) is 5.80. The molecule has 1 unspecified atom stereocenters. The van der Waals surface area contributed by atoms with Gasteiger partial charge in [-0.25, -0.2) is 4.79 Å². The van der Waals surface area contributed by atoms with Crippen molar-refractivity contribution in [2.75, 3.05) is 13.2 Å². The van der Waals surface area contributed by atoms with E-state index in [-0.39, 0.29) is 0 Å². The maximum Gasteiger partial charge on any atom is 0.396 e. The van der Waals surface area contributed by atoms with Crippen molar-refractivity contribution in [3.8, 4) is 0 Å². The summed E-state index contributed by atoms with van der Waals surface area (Å²) >= 11 is 0. The summed E-state index contributed by atoms with van der Waals surface area (Å²) in [7, 11) is 0. The van der Waals surface area contributed by atoms with Crippen LogP contribution < -0.4 is 5.32 Å². The van der Waals surface area contributed by atoms with Crippen LogP contribution in [0.3, 0.4) is 0 Å². The van der Waals surface area contributed by atoms with Crippen molar-refractivity contribution in [1.29, 1.82) is 0 Å². The van der Waals surface area contributed by atoms with Crippen LogP contribution in [-0.2, 0) is 14.3 Å². The molecule has 118 valence electrons. The summed E-state index contributed by atoms with van der Waals surface area (Å²) in [5, 5.41) is 2.68. The lowest BCUT2D eigenvalue weighted by Gasteiger charge is -2.14. The molecular weight excluding hydrogens is 254 g/mol. The van der Waals surface area contributed by atoms with E-state index in [0.29, 0.717) is 25.0 Å². The van der Waals surface area contributed by atoms with E-state index >= 15 is 0 Å². The number of nitrogens with one attached hydrogen (secondary N) is 1. The highest BCUT2D eigenvalue weighted by Crippen LogP contribution is 2.11. The minimum absolute atomic E-state index is 0.331. The smallest absolute Gasteiger partial charge is 0.396 e. The molecule has 0 rings (SSSR count). The zero-order chi connectivity index (χ0) is 15.4. The maximum absolute atomic E-state index is 11.6. The van der Waals surface area contributed by atoms with Crippen molar-refractivity contribution < 1.29 is 14.3 Å². The van der Waals surface area contributed by atoms with Crippen molar-refractivity contribution in [3.05, 3.63) is 0 Å². The molecule has 0 radical (unpaired) electrons. The van der Waals surface area contributed by atoms with E-state index in [1.807, 2.05) is 0 Å². The topological polar surface area (TPSA) is 55.4 Å². The largest absolute Gasteiger partial charge is 0.459 e. The molecular formula is C16H31NO3. The lowest BCUT2D eigenvalue weighted by atomic mass is 9.99. The molecule has 0 aromatic rings. The Labute approximate surface area is 123 Å². The Hall–Kier alpha value is -1.06. The Morgan fingerprint density at radius 3 is 2.35 bits per heavy atom. The molecule has 0 aliphatic rings. The van der Waals surface area contributed by atoms with E-state index in [9.17, 15) is 9.59 Å². The zero-order valence-electron chi connectivity index (χ0n) is 13.5. The third-order valence-electron chi connectivity index (χ3n) is 3.44. The summed E-state index contributed by atoms with van der Waals surface area (Å²) in [6.45, 7) is 9.40. The fourth-order valence-electron chi connectivity index (χ4n) is 1.97. The van der Waals surface area contributed by atoms with Crippen LogP contribution in [-0.4, -0.2) is 25.0 Å². The third-order valence-corrected chi connectivity index (χ3v) is 3.44. The molecule has 0 heterocycles. The first-order valence-electron chi connectivity index (χ1n) is 7.96. The van der Waals surface area contributed by atoms with Crippen molar-refractivity contribution in [2.24, 2.45) is 11.8 Å². The van der Waals surface area contributed by atoms with E-state index in [1.165, 1.54) is 0 Å². The van der Waals surface area contributed by atoms with E-state index < -0.39 is 11.9 Å². The number of esters is 1. The van der Waals surface area contributed by atoms with E-state index in [2.05, 4.69) is 33.0 Å². The Morgan fingerprint density at radius 2 is 1.80 bits per heavy atom. The average molecular weight is 285 g/mol. The van der Waals surface area contributed by atoms with Gasteiger partial charge in [-0.2, -0.15) is 0 Å². The summed E-state index contributed by atoms with van der Waals surface area (Å²) in [5.74, 6) is -0.317. The highest BCUT2D eigenvalue weighted by atomic mass is 16.5. The van der Waals surface area contributed by atoms with Gasteiger partial charge in [-0.1, -0.05) is 47.0 Å². The van der Waals surface area contributed by atoms with Crippen LogP contribution in [0.2, 0.25) is 0 Å². The SMILES string of the molecule is CCCCC(CC)CNC(=O)C(=O)OCCCC(C)C. The van der Waals surface area contributed by atoms with Crippen LogP contribution in [0.1, 0.15) is 66.2 Å². The second-order valence-corrected chi connectivity index (χ2v) is 5.80. The number of hydrogen-bond donors (Lipinski definition) is 1. The van der Waals surface area contributed by atoms with Gasteiger partial charge in [-0.3, -0.25) is 4.79 Å². The van der Waals surface area contributed by atoms with Gasteiger partial charge in [0, 0.05) is 6.54 Å². The number of hydrogen-bond acceptors (Lipinski definition) is 3. The van der Waals surface area contributed by atoms with Crippen LogP contribution in [0.15, 0.2) is 0 Å². The van der Waals surface area contributed by atoms with Crippen molar-refractivity contribution >= 4 is 11.9 Å². The standard InChI is InChI=1S/C16H31NO3/c1-5-7-10-14(6-2)12-17-15(18)16(19)20-11-8-9-13(3)4/h13-14H,5-12H2,1-4H3,(H,17,18). The maximum atomic E-state index is 11.6. The minimum Gasteiger partial charge on any atom is -0.459 e. The van der Waals surface area contributed by atoms with E-state index in [1.54, 1.807) is 0 Å². The molecule has 4 nitrogen and oxygen atoms in total. The number of amides is 1. The fourth-order valence-corrected chi connectivity index (χ4v) is 1.97. The fraction of sp³-hybridized carbons (Fsp3) is 0.875. The monoisotopic (exact) mass is 285 g/mol. The lowest BCUT2D eigenvalue weighted by molar-refractivity contribution is -0.155. The molecule has 1 N–H and O–H groups in total. The van der Waals surface area contributed by atoms with Gasteiger partial charge in [0.1, 0.15) is 0 Å². The Kier molecular flexibility index (Phi) is 11.1. The summed E-state index contributed by atoms with van der Waals surface area (Å²) in [6.07, 6.45) is 6.24. The van der Waals surface area contributed by atoms with Gasteiger partial charge in [0.15, 0.2) is 0 Å². The summed E-state index contributed by atoms with van der Waals surface area (Å²) < 4.78 is 4.95. The van der Waals surface area contributed by atoms with Crippen LogP contribution >= 0.6 is 0 Å². The second kappa shape index (κ2) is 11.7. The van der Waals surface area contributed by atoms with Gasteiger partial charge in [-0.05, 0) is 31.1 Å². The van der Waals surface area contributed by atoms with E-state index in [0.717, 1.165) is 38.5 Å². The van der Waals surface area contributed by atoms with Crippen LogP contribution in [0.5, 0.6) is 0 Å². The molecule has 0 saturated carbocycles. The van der Waals surface area contributed by atoms with Crippen molar-refractivity contribution in [3.63, 3.8) is 0 Å². The Balaban J connectivity index is 3.80. The first-order valence-corrected chi connectivity index (χ1v) is 7.96. The molecule has 0 fully saturated rings. The van der Waals surface area contributed by atoms with Gasteiger partial charge >= 0.3 is 11.9 Å². The lowest BCUT2D eigenvalue weighted by Crippen LogP contribution is -2.36. The van der Waals surface area contributed by atoms with Crippen molar-refractivity contribution in [1.82, 2.24) is 5.32 Å². The predicted molar refractivity (Wildman–Crippen MR) is 81.3 cm³/mol. The molecule has 0 saturated heterocycles. The van der Waals surface area contributed by atoms with Gasteiger partial charge < -0.3 is 10.1 Å². The number of unbranched alkanes of at least 4 members (excludes halogenated alkanes) is 1. The first kappa shape index (κ1) is 18.9. The normalized spacial score (nSPS) is 12.2. The average Bonchev–Trinajstić information content (AvgIpc) is 2.43. The molecule has 20 heavy (non-hydrogen) atoms. The molecule has 1 atom stereocenters. The van der Waals surface area contributed by atoms with Crippen LogP contribution in [0.25, 0.3) is 0 Å².